The summed E-state index contributed by atoms with van der Waals surface area (Å²) in [4.78, 5) is 23.9. The monoisotopic (exact) mass is 438 g/mol. The number of carbonyl (C=O) groups is 2. The Kier molecular flexibility index (Phi) is 8.06. The topological polar surface area (TPSA) is 81.4 Å². The third-order valence-electron chi connectivity index (χ3n) is 4.48. The van der Waals surface area contributed by atoms with Crippen LogP contribution < -0.4 is 15.8 Å². The number of ether oxygens (including phenoxy) is 1. The van der Waals surface area contributed by atoms with Gasteiger partial charge in [-0.25, -0.2) is 4.39 Å². The molecule has 0 saturated carbocycles. The molecule has 0 aliphatic rings. The first kappa shape index (κ1) is 22.4. The summed E-state index contributed by atoms with van der Waals surface area (Å²) in [6, 6.07) is 20.5. The standard InChI is InChI=1S/C24H23FN2O3S/c25-21-10-3-1-7-19(21)16-31-13-12-27-24(29)18-8-5-6-17(14-18)15-30-22-11-4-2-9-20(22)23(26)28/h1-11,14H,12-13,15-16H2,(H2,26,28)(H,27,29). The maximum atomic E-state index is 13.6. The number of nitrogens with one attached hydrogen (secondary N) is 1. The summed E-state index contributed by atoms with van der Waals surface area (Å²) < 4.78 is 19.3. The average Bonchev–Trinajstić information content (AvgIpc) is 2.79. The molecule has 0 unspecified atom stereocenters. The van der Waals surface area contributed by atoms with Crippen LogP contribution in [0.5, 0.6) is 5.75 Å². The van der Waals surface area contributed by atoms with E-state index in [1.807, 2.05) is 12.1 Å². The van der Waals surface area contributed by atoms with Gasteiger partial charge in [0.05, 0.1) is 5.56 Å². The van der Waals surface area contributed by atoms with Crippen LogP contribution in [0, 0.1) is 5.82 Å². The Morgan fingerprint density at radius 1 is 1.00 bits per heavy atom. The third-order valence-corrected chi connectivity index (χ3v) is 5.49. The first-order chi connectivity index (χ1) is 15.0. The van der Waals surface area contributed by atoms with Crippen LogP contribution in [0.1, 0.15) is 31.8 Å². The lowest BCUT2D eigenvalue weighted by atomic mass is 10.1. The zero-order chi connectivity index (χ0) is 22.1. The Labute approximate surface area is 184 Å². The molecule has 0 atom stereocenters. The van der Waals surface area contributed by atoms with Crippen LogP contribution in [0.4, 0.5) is 4.39 Å². The van der Waals surface area contributed by atoms with Crippen molar-refractivity contribution in [1.82, 2.24) is 5.32 Å². The SMILES string of the molecule is NC(=O)c1ccccc1OCc1cccc(C(=O)NCCSCc2ccccc2F)c1. The van der Waals surface area contributed by atoms with E-state index >= 15 is 0 Å². The van der Waals surface area contributed by atoms with E-state index in [0.29, 0.717) is 40.5 Å². The predicted octanol–water partition coefficient (Wildman–Crippen LogP) is 4.17. The molecule has 0 aromatic heterocycles. The molecule has 3 rings (SSSR count). The number of hydrogen-bond acceptors (Lipinski definition) is 4. The highest BCUT2D eigenvalue weighted by Gasteiger charge is 2.10. The van der Waals surface area contributed by atoms with Crippen LogP contribution in [0.2, 0.25) is 0 Å². The molecule has 7 heteroatoms. The molecule has 0 radical (unpaired) electrons. The van der Waals surface area contributed by atoms with E-state index in [1.165, 1.54) is 6.07 Å². The molecule has 3 aromatic rings. The maximum Gasteiger partial charge on any atom is 0.252 e. The van der Waals surface area contributed by atoms with E-state index in [-0.39, 0.29) is 18.3 Å². The largest absolute Gasteiger partial charge is 0.488 e. The van der Waals surface area contributed by atoms with Crippen molar-refractivity contribution >= 4 is 23.6 Å². The van der Waals surface area contributed by atoms with Gasteiger partial charge >= 0.3 is 0 Å². The Balaban J connectivity index is 1.47. The van der Waals surface area contributed by atoms with Gasteiger partial charge in [-0.3, -0.25) is 9.59 Å². The number of benzene rings is 3. The van der Waals surface area contributed by atoms with E-state index in [1.54, 1.807) is 66.4 Å². The van der Waals surface area contributed by atoms with Gasteiger partial charge in [0.1, 0.15) is 18.2 Å². The minimum absolute atomic E-state index is 0.189. The van der Waals surface area contributed by atoms with Crippen molar-refractivity contribution in [3.8, 4) is 5.75 Å². The number of rotatable bonds is 10. The Morgan fingerprint density at radius 3 is 2.58 bits per heavy atom. The molecule has 2 amide bonds. The minimum atomic E-state index is -0.559. The number of primary amides is 1. The van der Waals surface area contributed by atoms with Crippen molar-refractivity contribution in [3.05, 3.63) is 101 Å². The third kappa shape index (κ3) is 6.58. The molecular formula is C24H23FN2O3S. The second-order valence-electron chi connectivity index (χ2n) is 6.75. The molecule has 5 nitrogen and oxygen atoms in total. The summed E-state index contributed by atoms with van der Waals surface area (Å²) in [5.41, 5.74) is 7.64. The molecule has 0 aliphatic carbocycles. The molecule has 3 aromatic carbocycles. The fraction of sp³-hybridized carbons (Fsp3) is 0.167. The van der Waals surface area contributed by atoms with Gasteiger partial charge in [-0.15, -0.1) is 0 Å². The van der Waals surface area contributed by atoms with Crippen molar-refractivity contribution in [2.75, 3.05) is 12.3 Å². The highest BCUT2D eigenvalue weighted by atomic mass is 32.2. The first-order valence-electron chi connectivity index (χ1n) is 9.74. The summed E-state index contributed by atoms with van der Waals surface area (Å²) in [6.45, 7) is 0.675. The van der Waals surface area contributed by atoms with Gasteiger partial charge in [0.2, 0.25) is 0 Å². The highest BCUT2D eigenvalue weighted by Crippen LogP contribution is 2.19. The van der Waals surface area contributed by atoms with Crippen LogP contribution >= 0.6 is 11.8 Å². The molecule has 31 heavy (non-hydrogen) atoms. The molecule has 0 fully saturated rings. The Morgan fingerprint density at radius 2 is 1.77 bits per heavy atom. The van der Waals surface area contributed by atoms with Crippen LogP contribution in [-0.2, 0) is 12.4 Å². The smallest absolute Gasteiger partial charge is 0.252 e. The highest BCUT2D eigenvalue weighted by molar-refractivity contribution is 7.98. The van der Waals surface area contributed by atoms with Gasteiger partial charge in [-0.2, -0.15) is 11.8 Å². The van der Waals surface area contributed by atoms with Gasteiger partial charge in [0.15, 0.2) is 0 Å². The lowest BCUT2D eigenvalue weighted by Crippen LogP contribution is -2.25. The predicted molar refractivity (Wildman–Crippen MR) is 121 cm³/mol. The fourth-order valence-corrected chi connectivity index (χ4v) is 3.74. The number of halogens is 1. The van der Waals surface area contributed by atoms with E-state index in [4.69, 9.17) is 10.5 Å². The lowest BCUT2D eigenvalue weighted by Gasteiger charge is -2.11. The molecule has 0 saturated heterocycles. The van der Waals surface area contributed by atoms with Crippen LogP contribution in [0.15, 0.2) is 72.8 Å². The van der Waals surface area contributed by atoms with Crippen molar-refractivity contribution in [2.45, 2.75) is 12.4 Å². The van der Waals surface area contributed by atoms with Crippen LogP contribution in [0.25, 0.3) is 0 Å². The zero-order valence-corrected chi connectivity index (χ0v) is 17.7. The summed E-state index contributed by atoms with van der Waals surface area (Å²) in [5.74, 6) is 0.672. The molecule has 0 aliphatic heterocycles. The fourth-order valence-electron chi connectivity index (χ4n) is 2.90. The van der Waals surface area contributed by atoms with Gasteiger partial charge < -0.3 is 15.8 Å². The molecular weight excluding hydrogens is 415 g/mol. The zero-order valence-electron chi connectivity index (χ0n) is 16.8. The lowest BCUT2D eigenvalue weighted by molar-refractivity contribution is 0.0954. The normalized spacial score (nSPS) is 10.5. The van der Waals surface area contributed by atoms with Crippen LogP contribution in [-0.4, -0.2) is 24.1 Å². The number of nitrogens with two attached hydrogens (primary N) is 1. The number of para-hydroxylation sites is 1. The van der Waals surface area contributed by atoms with Crippen molar-refractivity contribution < 1.29 is 18.7 Å². The summed E-state index contributed by atoms with van der Waals surface area (Å²) >= 11 is 1.56. The van der Waals surface area contributed by atoms with Gasteiger partial charge in [0, 0.05) is 23.6 Å². The van der Waals surface area contributed by atoms with Crippen molar-refractivity contribution in [3.63, 3.8) is 0 Å². The summed E-state index contributed by atoms with van der Waals surface area (Å²) in [7, 11) is 0. The second kappa shape index (κ2) is 11.2. The summed E-state index contributed by atoms with van der Waals surface area (Å²) in [6.07, 6.45) is 0. The van der Waals surface area contributed by atoms with Gasteiger partial charge in [-0.1, -0.05) is 42.5 Å². The number of hydrogen-bond donors (Lipinski definition) is 2. The molecule has 0 heterocycles. The minimum Gasteiger partial charge on any atom is -0.488 e. The number of carbonyl (C=O) groups excluding carboxylic acids is 2. The molecule has 160 valence electrons. The quantitative estimate of drug-likeness (QED) is 0.466. The van der Waals surface area contributed by atoms with Gasteiger partial charge in [0.25, 0.3) is 11.8 Å². The van der Waals surface area contributed by atoms with E-state index in [0.717, 1.165) is 5.56 Å². The van der Waals surface area contributed by atoms with Crippen molar-refractivity contribution in [1.29, 1.82) is 0 Å². The average molecular weight is 439 g/mol. The molecule has 0 spiro atoms. The van der Waals surface area contributed by atoms with Crippen LogP contribution in [0.3, 0.4) is 0 Å². The number of amides is 2. The van der Waals surface area contributed by atoms with E-state index in [2.05, 4.69) is 5.32 Å². The maximum absolute atomic E-state index is 13.6. The summed E-state index contributed by atoms with van der Waals surface area (Å²) in [5, 5.41) is 2.87. The molecule has 3 N–H and O–H groups in total. The number of thioether (sulfide) groups is 1. The Hall–Kier alpha value is -3.32. The van der Waals surface area contributed by atoms with E-state index < -0.39 is 5.91 Å². The van der Waals surface area contributed by atoms with Gasteiger partial charge in [-0.05, 0) is 41.5 Å². The first-order valence-corrected chi connectivity index (χ1v) is 10.9. The van der Waals surface area contributed by atoms with E-state index in [9.17, 15) is 14.0 Å². The van der Waals surface area contributed by atoms with Crippen molar-refractivity contribution in [2.24, 2.45) is 5.73 Å². The molecule has 0 bridgehead atoms. The Bertz CT molecular complexity index is 1060. The second-order valence-corrected chi connectivity index (χ2v) is 7.85.